The number of esters is 3. The normalized spacial score (nSPS) is 36.4. The second-order valence-corrected chi connectivity index (χ2v) is 11.8. The molecular formula is C31H36O8. The van der Waals surface area contributed by atoms with Crippen LogP contribution in [0.1, 0.15) is 68.2 Å². The zero-order valence-corrected chi connectivity index (χ0v) is 23.0. The molecule has 0 aromatic heterocycles. The number of fused-ring (bicyclic) bond motifs is 1. The first-order valence-electron chi connectivity index (χ1n) is 13.5. The van der Waals surface area contributed by atoms with Crippen LogP contribution in [0.25, 0.3) is 0 Å². The fraction of sp³-hybridized carbons (Fsp3) is 0.516. The van der Waals surface area contributed by atoms with Crippen LogP contribution in [-0.2, 0) is 23.7 Å². The highest BCUT2D eigenvalue weighted by molar-refractivity contribution is 5.90. The van der Waals surface area contributed by atoms with Crippen LogP contribution in [0.5, 0.6) is 0 Å². The zero-order valence-electron chi connectivity index (χ0n) is 23.0. The van der Waals surface area contributed by atoms with Gasteiger partial charge in [0.05, 0.1) is 28.1 Å². The summed E-state index contributed by atoms with van der Waals surface area (Å²) in [5.41, 5.74) is -2.70. The average Bonchev–Trinajstić information content (AvgIpc) is 3.11. The van der Waals surface area contributed by atoms with Crippen molar-refractivity contribution in [2.75, 3.05) is 0 Å². The molecule has 2 saturated carbocycles. The lowest BCUT2D eigenvalue weighted by Crippen LogP contribution is -2.76. The Hall–Kier alpha value is -3.23. The van der Waals surface area contributed by atoms with Crippen LogP contribution in [-0.4, -0.2) is 58.6 Å². The number of aliphatic hydroxyl groups excluding tert-OH is 1. The highest BCUT2D eigenvalue weighted by Crippen LogP contribution is 2.67. The standard InChI is InChI=1S/C31H36O8/c1-18-16-17-22(37-27(34)20-12-8-6-9-13-20)30(5)25(33)24(38-28(35)21-14-10-7-11-15-21)23-26(36-19(2)32)31(18,30)39-29(23,3)4/h6-15,18,22-26,33H,16-17H2,1-5H3/t18-,22+,23-,24+,25-,26-,30+,31-/m1/s1. The van der Waals surface area contributed by atoms with Crippen LogP contribution in [0, 0.1) is 17.3 Å². The topological polar surface area (TPSA) is 108 Å². The van der Waals surface area contributed by atoms with Gasteiger partial charge in [0, 0.05) is 6.92 Å². The van der Waals surface area contributed by atoms with Crippen molar-refractivity contribution in [3.63, 3.8) is 0 Å². The van der Waals surface area contributed by atoms with E-state index < -0.39 is 64.9 Å². The Morgan fingerprint density at radius 3 is 1.92 bits per heavy atom. The number of hydrogen-bond donors (Lipinski definition) is 1. The summed E-state index contributed by atoms with van der Waals surface area (Å²) >= 11 is 0. The van der Waals surface area contributed by atoms with Gasteiger partial charge in [0.25, 0.3) is 0 Å². The number of carbonyl (C=O) groups excluding carboxylic acids is 3. The Labute approximate surface area is 228 Å². The Morgan fingerprint density at radius 2 is 1.38 bits per heavy atom. The molecule has 0 unspecified atom stereocenters. The van der Waals surface area contributed by atoms with Crippen molar-refractivity contribution in [2.45, 2.75) is 83.1 Å². The van der Waals surface area contributed by atoms with Crippen molar-refractivity contribution in [3.05, 3.63) is 71.8 Å². The van der Waals surface area contributed by atoms with Crippen LogP contribution < -0.4 is 0 Å². The van der Waals surface area contributed by atoms with Gasteiger partial charge in [-0.05, 0) is 56.9 Å². The molecule has 0 amide bonds. The van der Waals surface area contributed by atoms with Gasteiger partial charge in [0.15, 0.2) is 0 Å². The van der Waals surface area contributed by atoms with Gasteiger partial charge in [-0.25, -0.2) is 9.59 Å². The van der Waals surface area contributed by atoms with Gasteiger partial charge in [-0.1, -0.05) is 50.2 Å². The molecule has 39 heavy (non-hydrogen) atoms. The van der Waals surface area contributed by atoms with Gasteiger partial charge < -0.3 is 24.1 Å². The van der Waals surface area contributed by atoms with Crippen LogP contribution in [0.15, 0.2) is 60.7 Å². The maximum Gasteiger partial charge on any atom is 0.338 e. The molecule has 8 atom stereocenters. The van der Waals surface area contributed by atoms with Crippen molar-refractivity contribution in [2.24, 2.45) is 17.3 Å². The van der Waals surface area contributed by atoms with Gasteiger partial charge in [0.1, 0.15) is 30.0 Å². The SMILES string of the molecule is CC(=O)O[C@@H]1[C@H]2[C@H](OC(=O)c3ccccc3)[C@@H](O)[C@]3(C)[C@@H](OC(=O)c4ccccc4)CC[C@@H](C)[C@@]13OC2(C)C. The van der Waals surface area contributed by atoms with Crippen LogP contribution in [0.3, 0.4) is 0 Å². The van der Waals surface area contributed by atoms with Gasteiger partial charge in [-0.15, -0.1) is 0 Å². The zero-order chi connectivity index (χ0) is 28.2. The first kappa shape index (κ1) is 27.3. The molecule has 2 bridgehead atoms. The molecule has 8 nitrogen and oxygen atoms in total. The predicted octanol–water partition coefficient (Wildman–Crippen LogP) is 4.34. The molecule has 1 N–H and O–H groups in total. The van der Waals surface area contributed by atoms with Crippen molar-refractivity contribution < 1.29 is 38.4 Å². The van der Waals surface area contributed by atoms with E-state index in [1.807, 2.05) is 26.8 Å². The second-order valence-electron chi connectivity index (χ2n) is 11.8. The van der Waals surface area contributed by atoms with Gasteiger partial charge in [-0.3, -0.25) is 4.79 Å². The molecule has 1 saturated heterocycles. The average molecular weight is 537 g/mol. The van der Waals surface area contributed by atoms with E-state index in [0.717, 1.165) is 0 Å². The van der Waals surface area contributed by atoms with E-state index in [0.29, 0.717) is 24.0 Å². The molecule has 2 aromatic rings. The summed E-state index contributed by atoms with van der Waals surface area (Å²) in [4.78, 5) is 39.0. The van der Waals surface area contributed by atoms with E-state index in [1.54, 1.807) is 61.5 Å². The lowest BCUT2D eigenvalue weighted by molar-refractivity contribution is -0.295. The third-order valence-corrected chi connectivity index (χ3v) is 9.17. The number of ether oxygens (including phenoxy) is 4. The maximum atomic E-state index is 13.3. The van der Waals surface area contributed by atoms with Gasteiger partial charge in [-0.2, -0.15) is 0 Å². The summed E-state index contributed by atoms with van der Waals surface area (Å²) < 4.78 is 25.0. The third kappa shape index (κ3) is 4.16. The molecule has 2 aromatic carbocycles. The van der Waals surface area contributed by atoms with E-state index in [-0.39, 0.29) is 5.92 Å². The molecule has 3 fully saturated rings. The van der Waals surface area contributed by atoms with Crippen LogP contribution in [0.4, 0.5) is 0 Å². The summed E-state index contributed by atoms with van der Waals surface area (Å²) in [6, 6.07) is 17.2. The largest absolute Gasteiger partial charge is 0.459 e. The Morgan fingerprint density at radius 1 is 0.846 bits per heavy atom. The molecule has 2 aliphatic carbocycles. The second kappa shape index (κ2) is 9.75. The third-order valence-electron chi connectivity index (χ3n) is 9.17. The molecule has 1 heterocycles. The van der Waals surface area contributed by atoms with E-state index in [2.05, 4.69) is 0 Å². The Balaban J connectivity index is 1.62. The van der Waals surface area contributed by atoms with Crippen molar-refractivity contribution in [1.29, 1.82) is 0 Å². The molecule has 3 aliphatic rings. The molecule has 1 aliphatic heterocycles. The van der Waals surface area contributed by atoms with Gasteiger partial charge in [0.2, 0.25) is 0 Å². The summed E-state index contributed by atoms with van der Waals surface area (Å²) in [6.07, 6.45) is -2.96. The molecule has 5 rings (SSSR count). The summed E-state index contributed by atoms with van der Waals surface area (Å²) in [7, 11) is 0. The summed E-state index contributed by atoms with van der Waals surface area (Å²) in [5, 5.41) is 12.2. The number of hydrogen-bond acceptors (Lipinski definition) is 8. The van der Waals surface area contributed by atoms with Crippen LogP contribution >= 0.6 is 0 Å². The van der Waals surface area contributed by atoms with Crippen molar-refractivity contribution in [3.8, 4) is 0 Å². The van der Waals surface area contributed by atoms with E-state index in [1.165, 1.54) is 6.92 Å². The van der Waals surface area contributed by atoms with E-state index in [4.69, 9.17) is 18.9 Å². The molecule has 8 heteroatoms. The predicted molar refractivity (Wildman–Crippen MR) is 141 cm³/mol. The lowest BCUT2D eigenvalue weighted by atomic mass is 9.48. The number of carbonyl (C=O) groups is 3. The van der Waals surface area contributed by atoms with E-state index >= 15 is 0 Å². The minimum atomic E-state index is -1.28. The molecule has 0 radical (unpaired) electrons. The van der Waals surface area contributed by atoms with Crippen LogP contribution in [0.2, 0.25) is 0 Å². The summed E-state index contributed by atoms with van der Waals surface area (Å²) in [5.74, 6) is -2.47. The van der Waals surface area contributed by atoms with Crippen molar-refractivity contribution in [1.82, 2.24) is 0 Å². The quantitative estimate of drug-likeness (QED) is 0.444. The highest BCUT2D eigenvalue weighted by Gasteiger charge is 2.81. The minimum absolute atomic E-state index is 0.164. The Kier molecular flexibility index (Phi) is 6.84. The Bertz CT molecular complexity index is 1240. The molecule has 1 spiro atoms. The number of benzene rings is 2. The number of rotatable bonds is 5. The molecule has 208 valence electrons. The minimum Gasteiger partial charge on any atom is -0.459 e. The number of aliphatic hydroxyl groups is 1. The fourth-order valence-corrected chi connectivity index (χ4v) is 7.41. The monoisotopic (exact) mass is 536 g/mol. The smallest absolute Gasteiger partial charge is 0.338 e. The van der Waals surface area contributed by atoms with Gasteiger partial charge >= 0.3 is 17.9 Å². The lowest BCUT2D eigenvalue weighted by Gasteiger charge is -2.62. The first-order chi connectivity index (χ1) is 18.4. The van der Waals surface area contributed by atoms with Crippen molar-refractivity contribution >= 4 is 17.9 Å². The highest BCUT2D eigenvalue weighted by atomic mass is 16.6. The first-order valence-corrected chi connectivity index (χ1v) is 13.5. The molecular weight excluding hydrogens is 500 g/mol. The summed E-state index contributed by atoms with van der Waals surface area (Å²) in [6.45, 7) is 8.85. The van der Waals surface area contributed by atoms with E-state index in [9.17, 15) is 19.5 Å². The fourth-order valence-electron chi connectivity index (χ4n) is 7.41. The maximum absolute atomic E-state index is 13.3.